The Bertz CT molecular complexity index is 1100. The Morgan fingerprint density at radius 3 is 2.72 bits per heavy atom. The monoisotopic (exact) mass is 371 g/mol. The van der Waals surface area contributed by atoms with Crippen LogP contribution in [0.3, 0.4) is 0 Å². The molecule has 124 valence electrons. The topological polar surface area (TPSA) is 76.5 Å². The fourth-order valence-electron chi connectivity index (χ4n) is 2.84. The molecule has 0 aliphatic heterocycles. The van der Waals surface area contributed by atoms with Crippen LogP contribution in [0.25, 0.3) is 22.0 Å². The van der Waals surface area contributed by atoms with Gasteiger partial charge in [-0.05, 0) is 12.1 Å². The maximum Gasteiger partial charge on any atom is 0.248 e. The van der Waals surface area contributed by atoms with E-state index >= 15 is 0 Å². The van der Waals surface area contributed by atoms with Crippen LogP contribution in [0.1, 0.15) is 16.3 Å². The second-order valence-corrected chi connectivity index (χ2v) is 6.30. The first-order valence-electron chi connectivity index (χ1n) is 7.37. The summed E-state index contributed by atoms with van der Waals surface area (Å²) in [5, 5.41) is 12.6. The van der Waals surface area contributed by atoms with Gasteiger partial charge in [0.1, 0.15) is 17.5 Å². The molecule has 6 nitrogen and oxygen atoms in total. The van der Waals surface area contributed by atoms with Crippen molar-refractivity contribution in [3.63, 3.8) is 0 Å². The molecule has 0 amide bonds. The maximum atomic E-state index is 12.7. The van der Waals surface area contributed by atoms with Crippen molar-refractivity contribution < 1.29 is 4.79 Å². The number of aromatic amines is 1. The van der Waals surface area contributed by atoms with E-state index in [-0.39, 0.29) is 11.6 Å². The van der Waals surface area contributed by atoms with E-state index in [1.165, 1.54) is 6.33 Å². The molecule has 0 atom stereocenters. The van der Waals surface area contributed by atoms with Gasteiger partial charge in [0.05, 0.1) is 0 Å². The molecule has 0 unspecified atom stereocenters. The molecule has 4 rings (SSSR count). The molecule has 0 aliphatic rings. The first-order valence-corrected chi connectivity index (χ1v) is 8.13. The van der Waals surface area contributed by atoms with Crippen molar-refractivity contribution in [2.45, 2.75) is 0 Å². The van der Waals surface area contributed by atoms with Crippen LogP contribution in [0.2, 0.25) is 10.0 Å². The van der Waals surface area contributed by atoms with Crippen molar-refractivity contribution in [2.24, 2.45) is 7.05 Å². The Morgan fingerprint density at radius 1 is 1.16 bits per heavy atom. The van der Waals surface area contributed by atoms with Crippen molar-refractivity contribution in [3.05, 3.63) is 64.3 Å². The fraction of sp³-hybridized carbons (Fsp3) is 0.0588. The van der Waals surface area contributed by atoms with Gasteiger partial charge >= 0.3 is 0 Å². The second-order valence-electron chi connectivity index (χ2n) is 5.46. The number of aromatic nitrogens is 5. The van der Waals surface area contributed by atoms with Crippen molar-refractivity contribution in [1.29, 1.82) is 0 Å². The van der Waals surface area contributed by atoms with Crippen LogP contribution in [-0.2, 0) is 7.05 Å². The number of nitrogens with zero attached hydrogens (tertiary/aromatic N) is 4. The van der Waals surface area contributed by atoms with Gasteiger partial charge in [0, 0.05) is 33.6 Å². The number of carbonyl (C=O) groups is 1. The molecule has 2 aromatic carbocycles. The highest BCUT2D eigenvalue weighted by Gasteiger charge is 2.22. The molecular formula is C17H11Cl2N5O. The third-order valence-electron chi connectivity index (χ3n) is 3.93. The summed E-state index contributed by atoms with van der Waals surface area (Å²) in [5.74, 6) is -0.110. The van der Waals surface area contributed by atoms with E-state index in [1.54, 1.807) is 23.9 Å². The zero-order valence-electron chi connectivity index (χ0n) is 13.0. The number of benzene rings is 2. The van der Waals surface area contributed by atoms with Gasteiger partial charge < -0.3 is 0 Å². The van der Waals surface area contributed by atoms with Crippen molar-refractivity contribution in [1.82, 2.24) is 25.0 Å². The Kier molecular flexibility index (Phi) is 3.78. The predicted octanol–water partition coefficient (Wildman–Crippen LogP) is 3.90. The van der Waals surface area contributed by atoms with E-state index in [1.807, 2.05) is 24.3 Å². The van der Waals surface area contributed by atoms with E-state index in [2.05, 4.69) is 20.3 Å². The van der Waals surface area contributed by atoms with E-state index in [9.17, 15) is 4.79 Å². The molecule has 8 heteroatoms. The molecule has 1 N–H and O–H groups in total. The van der Waals surface area contributed by atoms with Gasteiger partial charge in [0.15, 0.2) is 5.82 Å². The molecule has 0 saturated heterocycles. The first-order chi connectivity index (χ1) is 12.1. The minimum absolute atomic E-state index is 0.167. The van der Waals surface area contributed by atoms with E-state index < -0.39 is 0 Å². The van der Waals surface area contributed by atoms with Gasteiger partial charge in [0.25, 0.3) is 0 Å². The summed E-state index contributed by atoms with van der Waals surface area (Å²) in [7, 11) is 1.72. The number of fused-ring (bicyclic) bond motifs is 1. The van der Waals surface area contributed by atoms with Crippen molar-refractivity contribution in [3.8, 4) is 11.1 Å². The van der Waals surface area contributed by atoms with Crippen LogP contribution in [0.4, 0.5) is 0 Å². The van der Waals surface area contributed by atoms with Crippen LogP contribution in [0.15, 0.2) is 42.7 Å². The number of H-pyrrole nitrogens is 1. The number of carbonyl (C=O) groups excluding carboxylic acids is 1. The minimum atomic E-state index is -0.276. The Morgan fingerprint density at radius 2 is 2.00 bits per heavy atom. The molecule has 2 aromatic heterocycles. The van der Waals surface area contributed by atoms with Crippen LogP contribution in [0, 0.1) is 0 Å². The van der Waals surface area contributed by atoms with Gasteiger partial charge in [-0.15, -0.1) is 0 Å². The highest BCUT2D eigenvalue weighted by molar-refractivity contribution is 6.36. The molecule has 0 saturated carbocycles. The predicted molar refractivity (Wildman–Crippen MR) is 96.0 cm³/mol. The van der Waals surface area contributed by atoms with Crippen molar-refractivity contribution in [2.75, 3.05) is 0 Å². The molecule has 0 fully saturated rings. The lowest BCUT2D eigenvalue weighted by Gasteiger charge is -2.06. The normalized spacial score (nSPS) is 11.2. The molecule has 0 radical (unpaired) electrons. The van der Waals surface area contributed by atoms with Crippen molar-refractivity contribution >= 4 is 39.9 Å². The fourth-order valence-corrected chi connectivity index (χ4v) is 3.35. The summed E-state index contributed by atoms with van der Waals surface area (Å²) in [6, 6.07) is 10.9. The summed E-state index contributed by atoms with van der Waals surface area (Å²) in [6.07, 6.45) is 1.30. The lowest BCUT2D eigenvalue weighted by Crippen LogP contribution is -2.10. The SMILES string of the molecule is Cn1nc2c(-c3ccc(Cl)cc3Cl)cccc2c1C(=O)c1ncn[nH]1. The summed E-state index contributed by atoms with van der Waals surface area (Å²) >= 11 is 12.3. The number of halogens is 2. The molecule has 25 heavy (non-hydrogen) atoms. The molecular weight excluding hydrogens is 361 g/mol. The first kappa shape index (κ1) is 15.8. The standard InChI is InChI=1S/C17H11Cl2N5O/c1-24-15(16(25)17-20-8-21-22-17)12-4-2-3-11(14(12)23-24)10-6-5-9(18)7-13(10)19/h2-8H,1H3,(H,20,21,22). The summed E-state index contributed by atoms with van der Waals surface area (Å²) < 4.78 is 1.54. The summed E-state index contributed by atoms with van der Waals surface area (Å²) in [5.41, 5.74) is 2.73. The second kappa shape index (κ2) is 5.98. The summed E-state index contributed by atoms with van der Waals surface area (Å²) in [6.45, 7) is 0. The highest BCUT2D eigenvalue weighted by Crippen LogP contribution is 2.35. The van der Waals surface area contributed by atoms with Gasteiger partial charge in [-0.3, -0.25) is 14.6 Å². The van der Waals surface area contributed by atoms with Gasteiger partial charge in [-0.25, -0.2) is 4.98 Å². The molecule has 0 bridgehead atoms. The van der Waals surface area contributed by atoms with Gasteiger partial charge in [-0.1, -0.05) is 47.5 Å². The Labute approximate surface area is 152 Å². The average molecular weight is 372 g/mol. The third kappa shape index (κ3) is 2.59. The molecule has 2 heterocycles. The van der Waals surface area contributed by atoms with Crippen LogP contribution >= 0.6 is 23.2 Å². The van der Waals surface area contributed by atoms with Crippen LogP contribution in [-0.4, -0.2) is 30.7 Å². The molecule has 0 spiro atoms. The number of hydrogen-bond acceptors (Lipinski definition) is 4. The number of nitrogens with one attached hydrogen (secondary N) is 1. The Balaban J connectivity index is 1.95. The molecule has 4 aromatic rings. The number of rotatable bonds is 3. The number of ketones is 1. The van der Waals surface area contributed by atoms with Crippen LogP contribution in [0.5, 0.6) is 0 Å². The quantitative estimate of drug-likeness (QED) is 0.554. The number of aryl methyl sites for hydroxylation is 1. The summed E-state index contributed by atoms with van der Waals surface area (Å²) in [4.78, 5) is 16.7. The van der Waals surface area contributed by atoms with Gasteiger partial charge in [-0.2, -0.15) is 10.2 Å². The third-order valence-corrected chi connectivity index (χ3v) is 4.48. The lowest BCUT2D eigenvalue weighted by molar-refractivity contribution is 0.102. The van der Waals surface area contributed by atoms with Gasteiger partial charge in [0.2, 0.25) is 5.78 Å². The maximum absolute atomic E-state index is 12.7. The average Bonchev–Trinajstić information content (AvgIpc) is 3.21. The zero-order valence-corrected chi connectivity index (χ0v) is 14.5. The smallest absolute Gasteiger partial charge is 0.248 e. The highest BCUT2D eigenvalue weighted by atomic mass is 35.5. The molecule has 0 aliphatic carbocycles. The van der Waals surface area contributed by atoms with E-state index in [0.717, 1.165) is 11.1 Å². The number of hydrogen-bond donors (Lipinski definition) is 1. The lowest BCUT2D eigenvalue weighted by atomic mass is 10.0. The van der Waals surface area contributed by atoms with E-state index in [4.69, 9.17) is 23.2 Å². The largest absolute Gasteiger partial charge is 0.283 e. The van der Waals surface area contributed by atoms with E-state index in [0.29, 0.717) is 26.6 Å². The van der Waals surface area contributed by atoms with Crippen LogP contribution < -0.4 is 0 Å². The Hall–Kier alpha value is -2.70. The zero-order chi connectivity index (χ0) is 17.6. The minimum Gasteiger partial charge on any atom is -0.283 e.